The van der Waals surface area contributed by atoms with Crippen LogP contribution >= 0.6 is 15.9 Å². The van der Waals surface area contributed by atoms with Crippen molar-refractivity contribution < 1.29 is 0 Å². The fourth-order valence-electron chi connectivity index (χ4n) is 1.53. The molecule has 0 atom stereocenters. The molecule has 0 aliphatic heterocycles. The quantitative estimate of drug-likeness (QED) is 0.892. The van der Waals surface area contributed by atoms with Crippen molar-refractivity contribution in [3.8, 4) is 0 Å². The lowest BCUT2D eigenvalue weighted by atomic mass is 10.3. The van der Waals surface area contributed by atoms with Crippen molar-refractivity contribution in [1.29, 1.82) is 0 Å². The van der Waals surface area contributed by atoms with Crippen LogP contribution < -0.4 is 5.32 Å². The third-order valence-electron chi connectivity index (χ3n) is 2.41. The number of nitrogens with one attached hydrogen (secondary N) is 2. The predicted octanol–water partition coefficient (Wildman–Crippen LogP) is 2.78. The third-order valence-corrected chi connectivity index (χ3v) is 2.90. The van der Waals surface area contributed by atoms with Crippen LogP contribution in [0.4, 0.5) is 5.69 Å². The molecule has 0 unspecified atom stereocenters. The highest BCUT2D eigenvalue weighted by atomic mass is 79.9. The van der Waals surface area contributed by atoms with Gasteiger partial charge in [-0.25, -0.2) is 4.98 Å². The van der Waals surface area contributed by atoms with Gasteiger partial charge < -0.3 is 5.32 Å². The molecule has 2 aromatic rings. The summed E-state index contributed by atoms with van der Waals surface area (Å²) in [6.45, 7) is 2.89. The minimum absolute atomic E-state index is 0.842. The van der Waals surface area contributed by atoms with Crippen LogP contribution in [0.25, 0.3) is 0 Å². The molecule has 17 heavy (non-hydrogen) atoms. The molecule has 2 N–H and O–H groups in total. The second-order valence-corrected chi connectivity index (χ2v) is 4.65. The molecular weight excluding hydrogens is 280 g/mol. The smallest absolute Gasteiger partial charge is 0.150 e. The highest BCUT2D eigenvalue weighted by molar-refractivity contribution is 9.10. The van der Waals surface area contributed by atoms with E-state index in [-0.39, 0.29) is 0 Å². The average molecular weight is 295 g/mol. The predicted molar refractivity (Wildman–Crippen MR) is 72.1 cm³/mol. The first-order chi connectivity index (χ1) is 8.28. The zero-order valence-corrected chi connectivity index (χ0v) is 11.3. The molecule has 1 aromatic heterocycles. The van der Waals surface area contributed by atoms with Gasteiger partial charge >= 0.3 is 0 Å². The van der Waals surface area contributed by atoms with Crippen molar-refractivity contribution in [3.63, 3.8) is 0 Å². The Bertz CT molecular complexity index is 481. The topological polar surface area (TPSA) is 53.6 Å². The first-order valence-electron chi connectivity index (χ1n) is 5.67. The second-order valence-electron chi connectivity index (χ2n) is 3.74. The fourth-order valence-corrected chi connectivity index (χ4v) is 1.93. The van der Waals surface area contributed by atoms with Crippen molar-refractivity contribution in [2.75, 3.05) is 11.9 Å². The molecule has 1 aromatic carbocycles. The van der Waals surface area contributed by atoms with Gasteiger partial charge in [-0.3, -0.25) is 5.10 Å². The number of benzene rings is 1. The van der Waals surface area contributed by atoms with Gasteiger partial charge in [-0.1, -0.05) is 28.9 Å². The summed E-state index contributed by atoms with van der Waals surface area (Å²) in [5.74, 6) is 1.81. The lowest BCUT2D eigenvalue weighted by Crippen LogP contribution is -2.05. The molecule has 5 heteroatoms. The number of aromatic nitrogens is 3. The molecule has 0 aliphatic carbocycles. The number of hydrogen-bond donors (Lipinski definition) is 2. The Morgan fingerprint density at radius 2 is 2.29 bits per heavy atom. The summed E-state index contributed by atoms with van der Waals surface area (Å²) >= 11 is 3.44. The minimum atomic E-state index is 0.842. The number of anilines is 1. The maximum absolute atomic E-state index is 4.36. The van der Waals surface area contributed by atoms with Crippen molar-refractivity contribution >= 4 is 21.6 Å². The minimum Gasteiger partial charge on any atom is -0.385 e. The van der Waals surface area contributed by atoms with Crippen LogP contribution in [0.15, 0.2) is 28.7 Å². The zero-order valence-electron chi connectivity index (χ0n) is 9.70. The van der Waals surface area contributed by atoms with E-state index >= 15 is 0 Å². The highest BCUT2D eigenvalue weighted by Crippen LogP contribution is 2.15. The van der Waals surface area contributed by atoms with Gasteiger partial charge in [0.1, 0.15) is 11.6 Å². The molecule has 4 nitrogen and oxygen atoms in total. The fraction of sp³-hybridized carbons (Fsp3) is 0.333. The SMILES string of the molecule is CCc1n[nH]c(CCNc2cccc(Br)c2)n1. The molecule has 90 valence electrons. The summed E-state index contributed by atoms with van der Waals surface area (Å²) in [6, 6.07) is 8.12. The maximum Gasteiger partial charge on any atom is 0.150 e. The van der Waals surface area contributed by atoms with Gasteiger partial charge in [0.25, 0.3) is 0 Å². The molecule has 1 heterocycles. The van der Waals surface area contributed by atoms with E-state index in [2.05, 4.69) is 42.5 Å². The van der Waals surface area contributed by atoms with E-state index in [1.54, 1.807) is 0 Å². The zero-order chi connectivity index (χ0) is 12.1. The van der Waals surface area contributed by atoms with E-state index in [0.717, 1.165) is 41.2 Å². The summed E-state index contributed by atoms with van der Waals surface area (Å²) in [5.41, 5.74) is 1.11. The van der Waals surface area contributed by atoms with Crippen LogP contribution in [-0.4, -0.2) is 21.7 Å². The van der Waals surface area contributed by atoms with Gasteiger partial charge in [0.05, 0.1) is 0 Å². The van der Waals surface area contributed by atoms with E-state index in [1.807, 2.05) is 25.1 Å². The van der Waals surface area contributed by atoms with Crippen molar-refractivity contribution in [1.82, 2.24) is 15.2 Å². The third kappa shape index (κ3) is 3.56. The van der Waals surface area contributed by atoms with Gasteiger partial charge in [0, 0.05) is 29.5 Å². The van der Waals surface area contributed by atoms with E-state index < -0.39 is 0 Å². The molecule has 0 radical (unpaired) electrons. The van der Waals surface area contributed by atoms with Gasteiger partial charge in [0.2, 0.25) is 0 Å². The first kappa shape index (κ1) is 12.1. The Balaban J connectivity index is 1.83. The van der Waals surface area contributed by atoms with Crippen molar-refractivity contribution in [3.05, 3.63) is 40.4 Å². The number of aryl methyl sites for hydroxylation is 1. The van der Waals surface area contributed by atoms with Gasteiger partial charge in [0.15, 0.2) is 0 Å². The van der Waals surface area contributed by atoms with Crippen molar-refractivity contribution in [2.45, 2.75) is 19.8 Å². The van der Waals surface area contributed by atoms with Gasteiger partial charge in [-0.15, -0.1) is 0 Å². The van der Waals surface area contributed by atoms with Crippen molar-refractivity contribution in [2.24, 2.45) is 0 Å². The Hall–Kier alpha value is -1.36. The molecule has 0 fully saturated rings. The number of nitrogens with zero attached hydrogens (tertiary/aromatic N) is 2. The Labute approximate surface area is 109 Å². The van der Waals surface area contributed by atoms with Crippen LogP contribution in [0.5, 0.6) is 0 Å². The Morgan fingerprint density at radius 3 is 3.00 bits per heavy atom. The normalized spacial score (nSPS) is 10.5. The van der Waals surface area contributed by atoms with E-state index in [9.17, 15) is 0 Å². The lowest BCUT2D eigenvalue weighted by molar-refractivity contribution is 0.901. The lowest BCUT2D eigenvalue weighted by Gasteiger charge is -2.04. The number of rotatable bonds is 5. The number of aromatic amines is 1. The van der Waals surface area contributed by atoms with Crippen LogP contribution in [0.3, 0.4) is 0 Å². The summed E-state index contributed by atoms with van der Waals surface area (Å²) < 4.78 is 1.08. The number of hydrogen-bond acceptors (Lipinski definition) is 3. The van der Waals surface area contributed by atoms with Gasteiger partial charge in [-0.05, 0) is 18.2 Å². The summed E-state index contributed by atoms with van der Waals surface area (Å²) in [7, 11) is 0. The molecule has 0 saturated carbocycles. The van der Waals surface area contributed by atoms with Crippen LogP contribution in [0.2, 0.25) is 0 Å². The molecule has 0 aliphatic rings. The first-order valence-corrected chi connectivity index (χ1v) is 6.47. The summed E-state index contributed by atoms with van der Waals surface area (Å²) in [6.07, 6.45) is 1.72. The number of halogens is 1. The maximum atomic E-state index is 4.36. The molecule has 0 bridgehead atoms. The largest absolute Gasteiger partial charge is 0.385 e. The standard InChI is InChI=1S/C12H15BrN4/c1-2-11-15-12(17-16-11)6-7-14-10-5-3-4-9(13)8-10/h3-5,8,14H,2,6-7H2,1H3,(H,15,16,17). The molecular formula is C12H15BrN4. The van der Waals surface area contributed by atoms with Crippen LogP contribution in [-0.2, 0) is 12.8 Å². The van der Waals surface area contributed by atoms with Crippen LogP contribution in [0.1, 0.15) is 18.6 Å². The Kier molecular flexibility index (Phi) is 4.14. The average Bonchev–Trinajstić information content (AvgIpc) is 2.77. The van der Waals surface area contributed by atoms with E-state index in [1.165, 1.54) is 0 Å². The highest BCUT2D eigenvalue weighted by Gasteiger charge is 2.00. The Morgan fingerprint density at radius 1 is 1.41 bits per heavy atom. The molecule has 0 spiro atoms. The molecule has 0 amide bonds. The molecule has 2 rings (SSSR count). The van der Waals surface area contributed by atoms with E-state index in [4.69, 9.17) is 0 Å². The van der Waals surface area contributed by atoms with E-state index in [0.29, 0.717) is 0 Å². The van der Waals surface area contributed by atoms with Crippen LogP contribution in [0, 0.1) is 0 Å². The summed E-state index contributed by atoms with van der Waals surface area (Å²) in [5, 5.41) is 10.4. The molecule has 0 saturated heterocycles. The second kappa shape index (κ2) is 5.82. The summed E-state index contributed by atoms with van der Waals surface area (Å²) in [4.78, 5) is 4.36. The monoisotopic (exact) mass is 294 g/mol. The number of H-pyrrole nitrogens is 1. The van der Waals surface area contributed by atoms with Gasteiger partial charge in [-0.2, -0.15) is 5.10 Å².